The minimum atomic E-state index is 0.0292. The number of pyridine rings is 1. The minimum absolute atomic E-state index is 0.0292. The third-order valence-corrected chi connectivity index (χ3v) is 3.09. The molecule has 1 N–H and O–H groups in total. The maximum atomic E-state index is 12.0. The van der Waals surface area contributed by atoms with Gasteiger partial charge in [0.05, 0.1) is 12.1 Å². The van der Waals surface area contributed by atoms with Gasteiger partial charge in [0, 0.05) is 29.6 Å². The van der Waals surface area contributed by atoms with E-state index in [1.54, 1.807) is 13.2 Å². The Bertz CT molecular complexity index is 774. The molecule has 3 rings (SSSR count). The third-order valence-electron chi connectivity index (χ3n) is 3.09. The Kier molecular flexibility index (Phi) is 2.61. The van der Waals surface area contributed by atoms with Crippen molar-refractivity contribution in [1.82, 2.24) is 4.98 Å². The predicted octanol–water partition coefficient (Wildman–Crippen LogP) is 2.83. The van der Waals surface area contributed by atoms with Gasteiger partial charge in [-0.2, -0.15) is 0 Å². The number of fused-ring (bicyclic) bond motifs is 3. The summed E-state index contributed by atoms with van der Waals surface area (Å²) in [6.07, 6.45) is 0. The van der Waals surface area contributed by atoms with E-state index >= 15 is 0 Å². The Labute approximate surface area is 104 Å². The van der Waals surface area contributed by atoms with Crippen LogP contribution in [-0.4, -0.2) is 12.1 Å². The lowest BCUT2D eigenvalue weighted by Crippen LogP contribution is -2.06. The van der Waals surface area contributed by atoms with E-state index in [1.807, 2.05) is 36.4 Å². The zero-order valence-corrected chi connectivity index (χ0v) is 10.1. The zero-order valence-electron chi connectivity index (χ0n) is 10.1. The molecule has 18 heavy (non-hydrogen) atoms. The molecular weight excluding hydrogens is 226 g/mol. The fourth-order valence-electron chi connectivity index (χ4n) is 2.28. The first-order valence-corrected chi connectivity index (χ1v) is 5.82. The maximum absolute atomic E-state index is 12.0. The van der Waals surface area contributed by atoms with Crippen molar-refractivity contribution >= 4 is 21.7 Å². The van der Waals surface area contributed by atoms with Crippen molar-refractivity contribution in [2.75, 3.05) is 7.11 Å². The van der Waals surface area contributed by atoms with E-state index in [0.717, 1.165) is 22.0 Å². The van der Waals surface area contributed by atoms with Gasteiger partial charge in [-0.25, -0.2) is 0 Å². The van der Waals surface area contributed by atoms with Gasteiger partial charge in [0.25, 0.3) is 0 Å². The minimum Gasteiger partial charge on any atom is -0.378 e. The summed E-state index contributed by atoms with van der Waals surface area (Å²) >= 11 is 0. The molecule has 3 heteroatoms. The van der Waals surface area contributed by atoms with E-state index < -0.39 is 0 Å². The molecule has 0 saturated carbocycles. The van der Waals surface area contributed by atoms with Crippen molar-refractivity contribution in [3.63, 3.8) is 0 Å². The van der Waals surface area contributed by atoms with Gasteiger partial charge in [-0.3, -0.25) is 4.79 Å². The van der Waals surface area contributed by atoms with Gasteiger partial charge in [0.1, 0.15) is 0 Å². The van der Waals surface area contributed by atoms with E-state index in [4.69, 9.17) is 4.74 Å². The number of rotatable bonds is 2. The summed E-state index contributed by atoms with van der Waals surface area (Å²) in [5.74, 6) is 0. The highest BCUT2D eigenvalue weighted by molar-refractivity contribution is 6.04. The molecule has 0 bridgehead atoms. The highest BCUT2D eigenvalue weighted by Crippen LogP contribution is 2.21. The number of hydrogen-bond acceptors (Lipinski definition) is 2. The Hall–Kier alpha value is -2.13. The Morgan fingerprint density at radius 2 is 1.94 bits per heavy atom. The van der Waals surface area contributed by atoms with Gasteiger partial charge in [-0.1, -0.05) is 30.3 Å². The van der Waals surface area contributed by atoms with Crippen molar-refractivity contribution in [3.05, 3.63) is 58.4 Å². The molecule has 0 atom stereocenters. The lowest BCUT2D eigenvalue weighted by molar-refractivity contribution is 0.181. The number of methoxy groups -OCH3 is 1. The summed E-state index contributed by atoms with van der Waals surface area (Å²) in [4.78, 5) is 15.3. The van der Waals surface area contributed by atoms with Crippen LogP contribution in [0.25, 0.3) is 21.7 Å². The quantitative estimate of drug-likeness (QED) is 0.699. The second-order valence-corrected chi connectivity index (χ2v) is 4.30. The molecule has 0 aliphatic rings. The van der Waals surface area contributed by atoms with Crippen LogP contribution in [0.2, 0.25) is 0 Å². The smallest absolute Gasteiger partial charge is 0.189 e. The first kappa shape index (κ1) is 11.0. The predicted molar refractivity (Wildman–Crippen MR) is 72.8 cm³/mol. The molecule has 3 aromatic rings. The summed E-state index contributed by atoms with van der Waals surface area (Å²) in [6.45, 7) is 0.411. The molecule has 0 spiro atoms. The summed E-state index contributed by atoms with van der Waals surface area (Å²) < 4.78 is 5.07. The average Bonchev–Trinajstić information content (AvgIpc) is 2.39. The van der Waals surface area contributed by atoms with Crippen LogP contribution in [0.5, 0.6) is 0 Å². The van der Waals surface area contributed by atoms with Crippen LogP contribution >= 0.6 is 0 Å². The van der Waals surface area contributed by atoms with Crippen molar-refractivity contribution in [3.8, 4) is 0 Å². The topological polar surface area (TPSA) is 42.1 Å². The van der Waals surface area contributed by atoms with Gasteiger partial charge in [0.2, 0.25) is 0 Å². The molecule has 0 aliphatic carbocycles. The SMILES string of the molecule is COCc1cc(=O)c2ccc3ccccc3c2[nH]1. The van der Waals surface area contributed by atoms with Crippen molar-refractivity contribution in [2.24, 2.45) is 0 Å². The van der Waals surface area contributed by atoms with E-state index in [0.29, 0.717) is 12.0 Å². The summed E-state index contributed by atoms with van der Waals surface area (Å²) in [5, 5.41) is 2.90. The number of ether oxygens (including phenoxy) is 1. The highest BCUT2D eigenvalue weighted by atomic mass is 16.5. The average molecular weight is 239 g/mol. The monoisotopic (exact) mass is 239 g/mol. The molecule has 0 saturated heterocycles. The lowest BCUT2D eigenvalue weighted by Gasteiger charge is -2.06. The number of benzene rings is 2. The van der Waals surface area contributed by atoms with Crippen LogP contribution in [0, 0.1) is 0 Å². The second-order valence-electron chi connectivity index (χ2n) is 4.30. The molecule has 90 valence electrons. The molecule has 0 fully saturated rings. The Morgan fingerprint density at radius 1 is 1.11 bits per heavy atom. The second kappa shape index (κ2) is 4.27. The van der Waals surface area contributed by atoms with E-state index in [2.05, 4.69) is 4.98 Å². The van der Waals surface area contributed by atoms with Crippen molar-refractivity contribution < 1.29 is 4.74 Å². The Morgan fingerprint density at radius 3 is 2.78 bits per heavy atom. The zero-order chi connectivity index (χ0) is 12.5. The molecule has 0 amide bonds. The molecular formula is C15H13NO2. The largest absolute Gasteiger partial charge is 0.378 e. The van der Waals surface area contributed by atoms with Crippen LogP contribution in [0.4, 0.5) is 0 Å². The van der Waals surface area contributed by atoms with Gasteiger partial charge in [-0.15, -0.1) is 0 Å². The summed E-state index contributed by atoms with van der Waals surface area (Å²) in [6, 6.07) is 13.5. The van der Waals surface area contributed by atoms with Crippen molar-refractivity contribution in [2.45, 2.75) is 6.61 Å². The number of hydrogen-bond donors (Lipinski definition) is 1. The number of nitrogens with one attached hydrogen (secondary N) is 1. The third kappa shape index (κ3) is 1.69. The molecule has 1 heterocycles. The van der Waals surface area contributed by atoms with Crippen LogP contribution in [0.15, 0.2) is 47.3 Å². The van der Waals surface area contributed by atoms with Crippen molar-refractivity contribution in [1.29, 1.82) is 0 Å². The summed E-state index contributed by atoms with van der Waals surface area (Å²) in [5.41, 5.74) is 1.71. The number of aromatic amines is 1. The number of aromatic nitrogens is 1. The molecule has 0 radical (unpaired) electrons. The molecule has 2 aromatic carbocycles. The molecule has 0 unspecified atom stereocenters. The van der Waals surface area contributed by atoms with E-state index in [9.17, 15) is 4.79 Å². The Balaban J connectivity index is 2.44. The van der Waals surface area contributed by atoms with Gasteiger partial charge < -0.3 is 9.72 Å². The van der Waals surface area contributed by atoms with Gasteiger partial charge in [0.15, 0.2) is 5.43 Å². The molecule has 3 nitrogen and oxygen atoms in total. The van der Waals surface area contributed by atoms with E-state index in [1.165, 1.54) is 0 Å². The first-order chi connectivity index (χ1) is 8.79. The van der Waals surface area contributed by atoms with Crippen LogP contribution in [-0.2, 0) is 11.3 Å². The first-order valence-electron chi connectivity index (χ1n) is 5.82. The summed E-state index contributed by atoms with van der Waals surface area (Å²) in [7, 11) is 1.62. The van der Waals surface area contributed by atoms with Gasteiger partial charge in [-0.05, 0) is 11.5 Å². The number of H-pyrrole nitrogens is 1. The standard InChI is InChI=1S/C15H13NO2/c1-18-9-11-8-14(17)13-7-6-10-4-2-3-5-12(10)15(13)16-11/h2-8H,9H2,1H3,(H,16,17). The van der Waals surface area contributed by atoms with Crippen LogP contribution in [0.1, 0.15) is 5.69 Å². The fraction of sp³-hybridized carbons (Fsp3) is 0.133. The van der Waals surface area contributed by atoms with E-state index in [-0.39, 0.29) is 5.43 Å². The lowest BCUT2D eigenvalue weighted by atomic mass is 10.1. The normalized spacial score (nSPS) is 11.2. The fourth-order valence-corrected chi connectivity index (χ4v) is 2.28. The van der Waals surface area contributed by atoms with Crippen LogP contribution in [0.3, 0.4) is 0 Å². The van der Waals surface area contributed by atoms with Crippen LogP contribution < -0.4 is 5.43 Å². The molecule has 1 aromatic heterocycles. The molecule has 0 aliphatic heterocycles. The highest BCUT2D eigenvalue weighted by Gasteiger charge is 2.05. The van der Waals surface area contributed by atoms with Gasteiger partial charge >= 0.3 is 0 Å². The maximum Gasteiger partial charge on any atom is 0.189 e.